The van der Waals surface area contributed by atoms with Crippen molar-refractivity contribution >= 4 is 0 Å². The van der Waals surface area contributed by atoms with E-state index in [1.165, 1.54) is 25.7 Å². The second-order valence-corrected chi connectivity index (χ2v) is 4.60. The molecule has 1 heterocycles. The monoisotopic (exact) mass is 211 g/mol. The van der Waals surface area contributed by atoms with Crippen molar-refractivity contribution in [2.75, 3.05) is 19.7 Å². The van der Waals surface area contributed by atoms with Crippen molar-refractivity contribution in [3.05, 3.63) is 12.7 Å². The summed E-state index contributed by atoms with van der Waals surface area (Å²) in [5.41, 5.74) is 0. The van der Waals surface area contributed by atoms with Crippen LogP contribution in [0, 0.1) is 5.92 Å². The van der Waals surface area contributed by atoms with Gasteiger partial charge in [-0.05, 0) is 18.8 Å². The summed E-state index contributed by atoms with van der Waals surface area (Å²) in [6.45, 7) is 5.71. The van der Waals surface area contributed by atoms with Gasteiger partial charge in [-0.3, -0.25) is 4.90 Å². The number of fused-ring (bicyclic) bond motifs is 1. The summed E-state index contributed by atoms with van der Waals surface area (Å²) in [6, 6.07) is 0. The van der Waals surface area contributed by atoms with Crippen molar-refractivity contribution in [1.29, 1.82) is 0 Å². The van der Waals surface area contributed by atoms with Crippen LogP contribution in [0.15, 0.2) is 12.7 Å². The zero-order chi connectivity index (χ0) is 10.7. The SMILES string of the molecule is C=CCN1CC2CCCCC2OC1CO. The van der Waals surface area contributed by atoms with Gasteiger partial charge in [0.1, 0.15) is 6.23 Å². The lowest BCUT2D eigenvalue weighted by Crippen LogP contribution is -2.53. The zero-order valence-electron chi connectivity index (χ0n) is 9.27. The topological polar surface area (TPSA) is 32.7 Å². The Labute approximate surface area is 91.7 Å². The number of aliphatic hydroxyl groups excluding tert-OH is 1. The summed E-state index contributed by atoms with van der Waals surface area (Å²) in [5.74, 6) is 0.668. The third-order valence-corrected chi connectivity index (χ3v) is 3.57. The summed E-state index contributed by atoms with van der Waals surface area (Å²) >= 11 is 0. The first-order valence-electron chi connectivity index (χ1n) is 5.96. The first-order valence-corrected chi connectivity index (χ1v) is 5.96. The maximum absolute atomic E-state index is 9.28. The van der Waals surface area contributed by atoms with Gasteiger partial charge in [-0.25, -0.2) is 0 Å². The average Bonchev–Trinajstić information content (AvgIpc) is 2.28. The average molecular weight is 211 g/mol. The van der Waals surface area contributed by atoms with Crippen LogP contribution in [0.3, 0.4) is 0 Å². The number of rotatable bonds is 3. The molecule has 0 aromatic carbocycles. The summed E-state index contributed by atoms with van der Waals surface area (Å²) < 4.78 is 5.93. The Morgan fingerprint density at radius 2 is 2.20 bits per heavy atom. The number of hydrogen-bond acceptors (Lipinski definition) is 3. The molecule has 0 aromatic heterocycles. The van der Waals surface area contributed by atoms with E-state index in [2.05, 4.69) is 11.5 Å². The third kappa shape index (κ3) is 2.41. The van der Waals surface area contributed by atoms with Gasteiger partial charge in [-0.1, -0.05) is 18.9 Å². The molecule has 3 heteroatoms. The molecule has 2 rings (SSSR count). The maximum atomic E-state index is 9.28. The second kappa shape index (κ2) is 5.10. The van der Waals surface area contributed by atoms with Gasteiger partial charge >= 0.3 is 0 Å². The smallest absolute Gasteiger partial charge is 0.134 e. The largest absolute Gasteiger partial charge is 0.392 e. The highest BCUT2D eigenvalue weighted by Crippen LogP contribution is 2.32. The predicted octanol–water partition coefficient (Wildman–Crippen LogP) is 1.38. The predicted molar refractivity (Wildman–Crippen MR) is 59.5 cm³/mol. The van der Waals surface area contributed by atoms with Gasteiger partial charge in [0.2, 0.25) is 0 Å². The normalized spacial score (nSPS) is 37.3. The van der Waals surface area contributed by atoms with Gasteiger partial charge < -0.3 is 9.84 Å². The fraction of sp³-hybridized carbons (Fsp3) is 0.833. The third-order valence-electron chi connectivity index (χ3n) is 3.57. The van der Waals surface area contributed by atoms with E-state index in [1.807, 2.05) is 6.08 Å². The fourth-order valence-electron chi connectivity index (χ4n) is 2.78. The first-order chi connectivity index (χ1) is 7.35. The lowest BCUT2D eigenvalue weighted by molar-refractivity contribution is -0.186. The Kier molecular flexibility index (Phi) is 3.78. The van der Waals surface area contributed by atoms with Gasteiger partial charge in [-0.2, -0.15) is 0 Å². The standard InChI is InChI=1S/C12H21NO2/c1-2-7-13-8-10-5-3-4-6-11(10)15-12(13)9-14/h2,10-12,14H,1,3-9H2. The van der Waals surface area contributed by atoms with Gasteiger partial charge in [0.25, 0.3) is 0 Å². The van der Waals surface area contributed by atoms with E-state index in [1.54, 1.807) is 0 Å². The number of aliphatic hydroxyl groups is 1. The highest BCUT2D eigenvalue weighted by Gasteiger charge is 2.36. The van der Waals surface area contributed by atoms with Crippen LogP contribution in [0.5, 0.6) is 0 Å². The van der Waals surface area contributed by atoms with Crippen LogP contribution in [-0.4, -0.2) is 42.0 Å². The van der Waals surface area contributed by atoms with Gasteiger partial charge in [0.05, 0.1) is 12.7 Å². The number of nitrogens with zero attached hydrogens (tertiary/aromatic N) is 1. The van der Waals surface area contributed by atoms with Crippen molar-refractivity contribution < 1.29 is 9.84 Å². The number of ether oxygens (including phenoxy) is 1. The van der Waals surface area contributed by atoms with Crippen LogP contribution >= 0.6 is 0 Å². The molecule has 15 heavy (non-hydrogen) atoms. The molecule has 0 radical (unpaired) electrons. The van der Waals surface area contributed by atoms with Gasteiger partial charge in [-0.15, -0.1) is 6.58 Å². The summed E-state index contributed by atoms with van der Waals surface area (Å²) in [4.78, 5) is 2.19. The molecule has 0 amide bonds. The Morgan fingerprint density at radius 3 is 2.93 bits per heavy atom. The fourth-order valence-corrected chi connectivity index (χ4v) is 2.78. The molecule has 1 saturated carbocycles. The molecule has 0 aromatic rings. The number of hydrogen-bond donors (Lipinski definition) is 1. The van der Waals surface area contributed by atoms with Crippen molar-refractivity contribution in [3.63, 3.8) is 0 Å². The van der Waals surface area contributed by atoms with E-state index < -0.39 is 0 Å². The van der Waals surface area contributed by atoms with Gasteiger partial charge in [0.15, 0.2) is 0 Å². The Morgan fingerprint density at radius 1 is 1.40 bits per heavy atom. The van der Waals surface area contributed by atoms with E-state index in [0.717, 1.165) is 13.1 Å². The highest BCUT2D eigenvalue weighted by atomic mass is 16.5. The molecular formula is C12H21NO2. The van der Waals surface area contributed by atoms with Crippen LogP contribution in [0.2, 0.25) is 0 Å². The molecule has 1 N–H and O–H groups in total. The summed E-state index contributed by atoms with van der Waals surface area (Å²) in [5, 5.41) is 9.28. The van der Waals surface area contributed by atoms with Crippen LogP contribution in [0.1, 0.15) is 25.7 Å². The summed E-state index contributed by atoms with van der Waals surface area (Å²) in [6.07, 6.45) is 7.21. The van der Waals surface area contributed by atoms with E-state index in [-0.39, 0.29) is 12.8 Å². The van der Waals surface area contributed by atoms with Crippen LogP contribution in [0.4, 0.5) is 0 Å². The van der Waals surface area contributed by atoms with Gasteiger partial charge in [0, 0.05) is 13.1 Å². The van der Waals surface area contributed by atoms with Crippen molar-refractivity contribution in [3.8, 4) is 0 Å². The lowest BCUT2D eigenvalue weighted by Gasteiger charge is -2.45. The maximum Gasteiger partial charge on any atom is 0.134 e. The van der Waals surface area contributed by atoms with Crippen LogP contribution in [-0.2, 0) is 4.74 Å². The molecule has 1 saturated heterocycles. The van der Waals surface area contributed by atoms with Crippen LogP contribution in [0.25, 0.3) is 0 Å². The Hall–Kier alpha value is -0.380. The lowest BCUT2D eigenvalue weighted by atomic mass is 9.85. The summed E-state index contributed by atoms with van der Waals surface area (Å²) in [7, 11) is 0. The molecule has 1 aliphatic heterocycles. The quantitative estimate of drug-likeness (QED) is 0.716. The van der Waals surface area contributed by atoms with E-state index >= 15 is 0 Å². The molecule has 2 aliphatic rings. The Bertz CT molecular complexity index is 220. The molecule has 0 spiro atoms. The van der Waals surface area contributed by atoms with Crippen LogP contribution < -0.4 is 0 Å². The molecule has 0 bridgehead atoms. The highest BCUT2D eigenvalue weighted by molar-refractivity contribution is 4.87. The molecule has 3 atom stereocenters. The van der Waals surface area contributed by atoms with Crippen molar-refractivity contribution in [2.45, 2.75) is 38.0 Å². The molecular weight excluding hydrogens is 190 g/mol. The molecule has 3 unspecified atom stereocenters. The van der Waals surface area contributed by atoms with E-state index in [0.29, 0.717) is 12.0 Å². The molecule has 3 nitrogen and oxygen atoms in total. The second-order valence-electron chi connectivity index (χ2n) is 4.60. The molecule has 2 fully saturated rings. The molecule has 1 aliphatic carbocycles. The first kappa shape index (κ1) is 11.1. The van der Waals surface area contributed by atoms with E-state index in [9.17, 15) is 5.11 Å². The minimum Gasteiger partial charge on any atom is -0.392 e. The minimum absolute atomic E-state index is 0.0943. The molecule has 86 valence electrons. The van der Waals surface area contributed by atoms with E-state index in [4.69, 9.17) is 4.74 Å². The Balaban J connectivity index is 1.98. The van der Waals surface area contributed by atoms with Crippen molar-refractivity contribution in [1.82, 2.24) is 4.90 Å². The van der Waals surface area contributed by atoms with Crippen molar-refractivity contribution in [2.24, 2.45) is 5.92 Å². The zero-order valence-corrected chi connectivity index (χ0v) is 9.27. The minimum atomic E-state index is -0.109.